The maximum Gasteiger partial charge on any atom is 0.118 e. The number of hydrogen-bond donors (Lipinski definition) is 1. The molecule has 2 N–H and O–H groups in total. The number of ether oxygens (including phenoxy) is 1. The second kappa shape index (κ2) is 5.90. The Bertz CT molecular complexity index is 299. The second-order valence-electron chi connectivity index (χ2n) is 4.38. The van der Waals surface area contributed by atoms with Crippen LogP contribution in [0.4, 0.5) is 0 Å². The molecule has 0 spiro atoms. The SMILES string of the molecule is CCCC(N)(CCC)c1ccc(OC)cc1. The average Bonchev–Trinajstić information content (AvgIpc) is 2.30. The molecule has 2 nitrogen and oxygen atoms in total. The van der Waals surface area contributed by atoms with Gasteiger partial charge in [0, 0.05) is 5.54 Å². The lowest BCUT2D eigenvalue weighted by Crippen LogP contribution is -2.36. The average molecular weight is 221 g/mol. The van der Waals surface area contributed by atoms with Crippen LogP contribution >= 0.6 is 0 Å². The van der Waals surface area contributed by atoms with Crippen LogP contribution in [0.3, 0.4) is 0 Å². The Balaban J connectivity index is 2.91. The highest BCUT2D eigenvalue weighted by atomic mass is 16.5. The number of rotatable bonds is 6. The van der Waals surface area contributed by atoms with E-state index in [4.69, 9.17) is 10.5 Å². The highest BCUT2D eigenvalue weighted by molar-refractivity contribution is 5.31. The number of methoxy groups -OCH3 is 1. The van der Waals surface area contributed by atoms with Gasteiger partial charge in [0.2, 0.25) is 0 Å². The van der Waals surface area contributed by atoms with E-state index < -0.39 is 0 Å². The summed E-state index contributed by atoms with van der Waals surface area (Å²) < 4.78 is 5.16. The van der Waals surface area contributed by atoms with Crippen molar-refractivity contribution < 1.29 is 4.74 Å². The molecule has 0 radical (unpaired) electrons. The number of nitrogens with two attached hydrogens (primary N) is 1. The Kier molecular flexibility index (Phi) is 4.81. The molecule has 16 heavy (non-hydrogen) atoms. The first kappa shape index (κ1) is 13.0. The van der Waals surface area contributed by atoms with Crippen molar-refractivity contribution in [2.75, 3.05) is 7.11 Å². The van der Waals surface area contributed by atoms with Crippen LogP contribution in [0, 0.1) is 0 Å². The molecule has 0 amide bonds. The Morgan fingerprint density at radius 2 is 1.56 bits per heavy atom. The first-order valence-electron chi connectivity index (χ1n) is 6.09. The van der Waals surface area contributed by atoms with Crippen molar-refractivity contribution in [1.29, 1.82) is 0 Å². The summed E-state index contributed by atoms with van der Waals surface area (Å²) >= 11 is 0. The van der Waals surface area contributed by atoms with E-state index in [1.807, 2.05) is 12.1 Å². The van der Waals surface area contributed by atoms with Crippen molar-refractivity contribution in [3.63, 3.8) is 0 Å². The van der Waals surface area contributed by atoms with Gasteiger partial charge in [-0.05, 0) is 30.5 Å². The predicted molar refractivity (Wildman–Crippen MR) is 68.7 cm³/mol. The van der Waals surface area contributed by atoms with Crippen molar-refractivity contribution in [3.8, 4) is 5.75 Å². The minimum Gasteiger partial charge on any atom is -0.497 e. The molecule has 0 aliphatic carbocycles. The summed E-state index contributed by atoms with van der Waals surface area (Å²) in [4.78, 5) is 0. The van der Waals surface area contributed by atoms with Gasteiger partial charge >= 0.3 is 0 Å². The van der Waals surface area contributed by atoms with E-state index in [2.05, 4.69) is 26.0 Å². The number of hydrogen-bond acceptors (Lipinski definition) is 2. The highest BCUT2D eigenvalue weighted by Gasteiger charge is 2.24. The van der Waals surface area contributed by atoms with Gasteiger partial charge in [0.05, 0.1) is 7.11 Å². The van der Waals surface area contributed by atoms with Crippen LogP contribution in [0.2, 0.25) is 0 Å². The molecule has 0 fully saturated rings. The van der Waals surface area contributed by atoms with Crippen LogP contribution in [0.5, 0.6) is 5.75 Å². The summed E-state index contributed by atoms with van der Waals surface area (Å²) in [5.74, 6) is 0.888. The molecular weight excluding hydrogens is 198 g/mol. The summed E-state index contributed by atoms with van der Waals surface area (Å²) in [6.45, 7) is 4.36. The van der Waals surface area contributed by atoms with Crippen LogP contribution in [-0.2, 0) is 5.54 Å². The normalized spacial score (nSPS) is 11.5. The lowest BCUT2D eigenvalue weighted by Gasteiger charge is -2.29. The molecule has 0 aromatic heterocycles. The van der Waals surface area contributed by atoms with Crippen molar-refractivity contribution >= 4 is 0 Å². The molecule has 0 heterocycles. The maximum atomic E-state index is 6.49. The molecule has 0 atom stereocenters. The van der Waals surface area contributed by atoms with E-state index >= 15 is 0 Å². The van der Waals surface area contributed by atoms with E-state index in [1.54, 1.807) is 7.11 Å². The Labute approximate surface area is 98.8 Å². The summed E-state index contributed by atoms with van der Waals surface area (Å²) in [6, 6.07) is 8.15. The molecular formula is C14H23NO. The third-order valence-corrected chi connectivity index (χ3v) is 3.06. The molecule has 0 bridgehead atoms. The molecule has 0 aliphatic rings. The topological polar surface area (TPSA) is 35.2 Å². The van der Waals surface area contributed by atoms with Gasteiger partial charge in [-0.1, -0.05) is 38.8 Å². The van der Waals surface area contributed by atoms with Crippen molar-refractivity contribution in [2.45, 2.75) is 45.1 Å². The standard InChI is InChI=1S/C14H23NO/c1-4-10-14(15,11-5-2)12-6-8-13(16-3)9-7-12/h6-9H,4-5,10-11,15H2,1-3H3. The molecule has 1 rings (SSSR count). The highest BCUT2D eigenvalue weighted by Crippen LogP contribution is 2.29. The Morgan fingerprint density at radius 3 is 1.94 bits per heavy atom. The van der Waals surface area contributed by atoms with Gasteiger partial charge in [-0.3, -0.25) is 0 Å². The molecule has 90 valence electrons. The third-order valence-electron chi connectivity index (χ3n) is 3.06. The summed E-state index contributed by atoms with van der Waals surface area (Å²) in [6.07, 6.45) is 4.30. The minimum atomic E-state index is -0.171. The van der Waals surface area contributed by atoms with Crippen LogP contribution in [0.15, 0.2) is 24.3 Å². The smallest absolute Gasteiger partial charge is 0.118 e. The fourth-order valence-electron chi connectivity index (χ4n) is 2.23. The van der Waals surface area contributed by atoms with Gasteiger partial charge in [-0.2, -0.15) is 0 Å². The quantitative estimate of drug-likeness (QED) is 0.798. The lowest BCUT2D eigenvalue weighted by molar-refractivity contribution is 0.368. The van der Waals surface area contributed by atoms with Gasteiger partial charge in [0.1, 0.15) is 5.75 Å². The van der Waals surface area contributed by atoms with Gasteiger partial charge in [0.25, 0.3) is 0 Å². The zero-order valence-corrected chi connectivity index (χ0v) is 10.6. The van der Waals surface area contributed by atoms with Crippen LogP contribution in [-0.4, -0.2) is 7.11 Å². The summed E-state index contributed by atoms with van der Waals surface area (Å²) in [7, 11) is 1.68. The van der Waals surface area contributed by atoms with Gasteiger partial charge in [0.15, 0.2) is 0 Å². The maximum absolute atomic E-state index is 6.49. The van der Waals surface area contributed by atoms with Gasteiger partial charge in [-0.15, -0.1) is 0 Å². The zero-order valence-electron chi connectivity index (χ0n) is 10.6. The van der Waals surface area contributed by atoms with E-state index in [-0.39, 0.29) is 5.54 Å². The van der Waals surface area contributed by atoms with Crippen molar-refractivity contribution in [1.82, 2.24) is 0 Å². The third kappa shape index (κ3) is 2.99. The van der Waals surface area contributed by atoms with E-state index in [9.17, 15) is 0 Å². The van der Waals surface area contributed by atoms with Crippen LogP contribution in [0.1, 0.15) is 45.1 Å². The fourth-order valence-corrected chi connectivity index (χ4v) is 2.23. The van der Waals surface area contributed by atoms with E-state index in [0.29, 0.717) is 0 Å². The van der Waals surface area contributed by atoms with Crippen LogP contribution < -0.4 is 10.5 Å². The minimum absolute atomic E-state index is 0.171. The second-order valence-corrected chi connectivity index (χ2v) is 4.38. The van der Waals surface area contributed by atoms with Crippen molar-refractivity contribution in [2.24, 2.45) is 5.73 Å². The molecule has 0 saturated heterocycles. The Morgan fingerprint density at radius 1 is 1.06 bits per heavy atom. The number of benzene rings is 1. The monoisotopic (exact) mass is 221 g/mol. The first-order valence-corrected chi connectivity index (χ1v) is 6.09. The lowest BCUT2D eigenvalue weighted by atomic mass is 9.83. The predicted octanol–water partition coefficient (Wildman–Crippen LogP) is 3.45. The van der Waals surface area contributed by atoms with Gasteiger partial charge < -0.3 is 10.5 Å². The molecule has 1 aromatic carbocycles. The zero-order chi connectivity index (χ0) is 12.0. The van der Waals surface area contributed by atoms with Crippen LogP contribution in [0.25, 0.3) is 0 Å². The van der Waals surface area contributed by atoms with Crippen molar-refractivity contribution in [3.05, 3.63) is 29.8 Å². The van der Waals surface area contributed by atoms with E-state index in [1.165, 1.54) is 5.56 Å². The summed E-state index contributed by atoms with van der Waals surface area (Å²) in [5.41, 5.74) is 7.54. The molecule has 0 aliphatic heterocycles. The molecule has 2 heteroatoms. The summed E-state index contributed by atoms with van der Waals surface area (Å²) in [5, 5.41) is 0. The molecule has 1 aromatic rings. The first-order chi connectivity index (χ1) is 7.66. The Hall–Kier alpha value is -1.02. The fraction of sp³-hybridized carbons (Fsp3) is 0.571. The molecule has 0 saturated carbocycles. The van der Waals surface area contributed by atoms with E-state index in [0.717, 1.165) is 31.4 Å². The largest absolute Gasteiger partial charge is 0.497 e. The van der Waals surface area contributed by atoms with Gasteiger partial charge in [-0.25, -0.2) is 0 Å². The molecule has 0 unspecified atom stereocenters.